The Balaban J connectivity index is 4.64. The number of carbonyl (C=O) groups excluding carboxylic acids is 3. The first-order chi connectivity index (χ1) is 39.0. The predicted octanol–water partition coefficient (Wildman–Crippen LogP) is 20.8. The summed E-state index contributed by atoms with van der Waals surface area (Å²) in [5.41, 5.74) is 0. The molecular weight excluding hydrogens is 973 g/mol. The molecule has 0 saturated carbocycles. The van der Waals surface area contributed by atoms with Crippen LogP contribution in [0.15, 0.2) is 231 Å². The summed E-state index contributed by atoms with van der Waals surface area (Å²) in [5.74, 6) is -1.22. The molecule has 1 atom stereocenters. The van der Waals surface area contributed by atoms with Gasteiger partial charge in [-0.15, -0.1) is 0 Å². The number of allylic oxidation sites excluding steroid dienone is 38. The van der Waals surface area contributed by atoms with Gasteiger partial charge in [-0.2, -0.15) is 0 Å². The molecule has 0 aromatic rings. The summed E-state index contributed by atoms with van der Waals surface area (Å²) in [7, 11) is 0. The quantitative estimate of drug-likeness (QED) is 0.0261. The maximum atomic E-state index is 12.8. The van der Waals surface area contributed by atoms with Gasteiger partial charge in [-0.1, -0.05) is 252 Å². The lowest BCUT2D eigenvalue weighted by molar-refractivity contribution is -0.166. The van der Waals surface area contributed by atoms with Crippen molar-refractivity contribution in [3.05, 3.63) is 231 Å². The van der Waals surface area contributed by atoms with Gasteiger partial charge in [0.25, 0.3) is 0 Å². The van der Waals surface area contributed by atoms with E-state index in [1.54, 1.807) is 0 Å². The lowest BCUT2D eigenvalue weighted by Gasteiger charge is -2.18. The van der Waals surface area contributed by atoms with Crippen molar-refractivity contribution < 1.29 is 28.6 Å². The van der Waals surface area contributed by atoms with Crippen LogP contribution in [0.4, 0.5) is 0 Å². The highest BCUT2D eigenvalue weighted by Crippen LogP contribution is 2.08. The van der Waals surface area contributed by atoms with Crippen molar-refractivity contribution >= 4 is 17.9 Å². The maximum Gasteiger partial charge on any atom is 0.306 e. The average molecular weight is 1080 g/mol. The van der Waals surface area contributed by atoms with Crippen molar-refractivity contribution in [3.8, 4) is 0 Å². The van der Waals surface area contributed by atoms with Gasteiger partial charge >= 0.3 is 17.9 Å². The largest absolute Gasteiger partial charge is 0.462 e. The van der Waals surface area contributed by atoms with E-state index in [0.717, 1.165) is 128 Å². The topological polar surface area (TPSA) is 78.9 Å². The molecule has 0 radical (unpaired) electrons. The van der Waals surface area contributed by atoms with E-state index in [-0.39, 0.29) is 38.4 Å². The molecule has 0 spiro atoms. The van der Waals surface area contributed by atoms with Crippen molar-refractivity contribution in [2.24, 2.45) is 0 Å². The van der Waals surface area contributed by atoms with Gasteiger partial charge in [-0.05, 0) is 148 Å². The van der Waals surface area contributed by atoms with Gasteiger partial charge in [0, 0.05) is 19.3 Å². The SMILES string of the molecule is CC/C=C\C/C=C\C/C=C\C/C=C\C/C=C\C/C=C\C/C=C\C/C=C\C/C=C\CCCC(=O)OCC(COC(=O)CC/C=C\C/C=C\C/C=C\C/C=C\CC)OC(=O)CC/C=C\C/C=C\C/C=C\C/C=C\C/C=C\C/C=C\CC. The highest BCUT2D eigenvalue weighted by molar-refractivity contribution is 5.71. The predicted molar refractivity (Wildman–Crippen MR) is 343 cm³/mol. The van der Waals surface area contributed by atoms with Crippen LogP contribution in [0.25, 0.3) is 0 Å². The highest BCUT2D eigenvalue weighted by atomic mass is 16.6. The third-order valence-electron chi connectivity index (χ3n) is 11.2. The molecule has 1 unspecified atom stereocenters. The maximum absolute atomic E-state index is 12.8. The third kappa shape index (κ3) is 62.2. The molecule has 6 heteroatoms. The van der Waals surface area contributed by atoms with Crippen molar-refractivity contribution in [1.29, 1.82) is 0 Å². The summed E-state index contributed by atoms with van der Waals surface area (Å²) in [4.78, 5) is 38.1. The summed E-state index contributed by atoms with van der Waals surface area (Å²) >= 11 is 0. The normalized spacial score (nSPS) is 13.8. The Kier molecular flexibility index (Phi) is 58.7. The number of hydrogen-bond donors (Lipinski definition) is 0. The fourth-order valence-corrected chi connectivity index (χ4v) is 6.83. The van der Waals surface area contributed by atoms with Crippen LogP contribution >= 0.6 is 0 Å². The number of unbranched alkanes of at least 4 members (excludes halogenated alkanes) is 1. The van der Waals surface area contributed by atoms with Crippen LogP contribution in [0.3, 0.4) is 0 Å². The van der Waals surface area contributed by atoms with E-state index in [2.05, 4.69) is 227 Å². The Hall–Kier alpha value is -6.53. The molecule has 0 aliphatic carbocycles. The van der Waals surface area contributed by atoms with Gasteiger partial charge in [0.15, 0.2) is 6.10 Å². The molecule has 0 aliphatic heterocycles. The molecule has 79 heavy (non-hydrogen) atoms. The van der Waals surface area contributed by atoms with E-state index in [0.29, 0.717) is 19.3 Å². The van der Waals surface area contributed by atoms with Crippen molar-refractivity contribution in [1.82, 2.24) is 0 Å². The summed E-state index contributed by atoms with van der Waals surface area (Å²) in [6.45, 7) is 6.08. The molecule has 0 amide bonds. The Labute approximate surface area is 482 Å². The summed E-state index contributed by atoms with van der Waals surface area (Å²) in [6.07, 6.45) is 102. The van der Waals surface area contributed by atoms with Crippen molar-refractivity contribution in [2.45, 2.75) is 194 Å². The average Bonchev–Trinajstić information content (AvgIpc) is 3.45. The summed E-state index contributed by atoms with van der Waals surface area (Å²) in [6, 6.07) is 0. The first-order valence-corrected chi connectivity index (χ1v) is 29.9. The molecule has 0 saturated heterocycles. The molecule has 0 aromatic carbocycles. The van der Waals surface area contributed by atoms with Crippen LogP contribution in [0.5, 0.6) is 0 Å². The van der Waals surface area contributed by atoms with E-state index in [1.165, 1.54) is 0 Å². The van der Waals surface area contributed by atoms with Gasteiger partial charge < -0.3 is 14.2 Å². The smallest absolute Gasteiger partial charge is 0.306 e. The Morgan fingerprint density at radius 2 is 0.456 bits per heavy atom. The second kappa shape index (κ2) is 64.0. The molecule has 0 bridgehead atoms. The number of esters is 3. The van der Waals surface area contributed by atoms with Gasteiger partial charge in [0.2, 0.25) is 0 Å². The van der Waals surface area contributed by atoms with E-state index in [9.17, 15) is 14.4 Å². The molecule has 6 nitrogen and oxygen atoms in total. The van der Waals surface area contributed by atoms with E-state index < -0.39 is 18.0 Å². The minimum Gasteiger partial charge on any atom is -0.462 e. The number of hydrogen-bond acceptors (Lipinski definition) is 6. The van der Waals surface area contributed by atoms with Crippen LogP contribution in [0, 0.1) is 0 Å². The minimum atomic E-state index is -0.888. The van der Waals surface area contributed by atoms with Gasteiger partial charge in [0.05, 0.1) is 0 Å². The van der Waals surface area contributed by atoms with Crippen LogP contribution in [0.2, 0.25) is 0 Å². The van der Waals surface area contributed by atoms with Crippen LogP contribution < -0.4 is 0 Å². The monoisotopic (exact) mass is 1080 g/mol. The highest BCUT2D eigenvalue weighted by Gasteiger charge is 2.19. The van der Waals surface area contributed by atoms with E-state index in [4.69, 9.17) is 14.2 Å². The standard InChI is InChI=1S/C73H104O6/c1-4-7-10-13-16-19-22-25-27-29-31-32-33-34-35-36-37-38-39-40-42-43-45-48-51-54-57-60-63-66-72(75)78-69-70(68-77-71(74)65-62-59-56-53-50-47-24-21-18-15-12-9-6-3)79-73(76)67-64-61-58-55-52-49-46-44-41-30-28-26-23-20-17-14-11-8-5-2/h7-12,16-21,25-28,31-32,34-35,37-38,40-42,44-45,47-50,52,54,56-59,61,70H,4-6,13-15,22-24,29-30,33,36,39,43,46,51,53,55,60,62-69H2,1-3H3/b10-7-,11-8-,12-9-,19-16-,20-17-,21-18-,27-25-,28-26-,32-31-,35-34-,38-37-,42-40-,44-41-,48-45-,50-47-,52-49-,57-54-,59-56-,61-58-. The first kappa shape index (κ1) is 72.5. The second-order valence-corrected chi connectivity index (χ2v) is 18.4. The van der Waals surface area contributed by atoms with Crippen LogP contribution in [-0.2, 0) is 28.6 Å². The van der Waals surface area contributed by atoms with Gasteiger partial charge in [-0.25, -0.2) is 0 Å². The first-order valence-electron chi connectivity index (χ1n) is 29.9. The van der Waals surface area contributed by atoms with Gasteiger partial charge in [0.1, 0.15) is 13.2 Å². The lowest BCUT2D eigenvalue weighted by Crippen LogP contribution is -2.30. The molecule has 0 heterocycles. The van der Waals surface area contributed by atoms with E-state index in [1.807, 2.05) is 24.3 Å². The van der Waals surface area contributed by atoms with Crippen molar-refractivity contribution in [3.63, 3.8) is 0 Å². The zero-order valence-electron chi connectivity index (χ0n) is 49.3. The Morgan fingerprint density at radius 1 is 0.253 bits per heavy atom. The molecule has 432 valence electrons. The molecule has 0 aromatic heterocycles. The summed E-state index contributed by atoms with van der Waals surface area (Å²) in [5, 5.41) is 0. The number of rotatable bonds is 50. The second-order valence-electron chi connectivity index (χ2n) is 18.4. The minimum absolute atomic E-state index is 0.162. The number of ether oxygens (including phenoxy) is 3. The van der Waals surface area contributed by atoms with Gasteiger partial charge in [-0.3, -0.25) is 14.4 Å². The summed E-state index contributed by atoms with van der Waals surface area (Å²) < 4.78 is 16.6. The molecule has 0 rings (SSSR count). The lowest BCUT2D eigenvalue weighted by atomic mass is 10.2. The fraction of sp³-hybridized carbons (Fsp3) is 0.438. The number of carbonyl (C=O) groups is 3. The van der Waals surface area contributed by atoms with Crippen molar-refractivity contribution in [2.75, 3.05) is 13.2 Å². The fourth-order valence-electron chi connectivity index (χ4n) is 6.83. The van der Waals surface area contributed by atoms with Crippen LogP contribution in [-0.4, -0.2) is 37.2 Å². The Morgan fingerprint density at radius 3 is 0.709 bits per heavy atom. The molecule has 0 fully saturated rings. The molecule has 0 aliphatic rings. The van der Waals surface area contributed by atoms with E-state index >= 15 is 0 Å². The zero-order chi connectivity index (χ0) is 57.1. The molecule has 0 N–H and O–H groups in total. The third-order valence-corrected chi connectivity index (χ3v) is 11.2. The van der Waals surface area contributed by atoms with Crippen LogP contribution in [0.1, 0.15) is 188 Å². The zero-order valence-corrected chi connectivity index (χ0v) is 49.3. The molecular formula is C73H104O6. The Bertz CT molecular complexity index is 2060.